The third-order valence-electron chi connectivity index (χ3n) is 4.85. The molecular weight excluding hydrogens is 252 g/mol. The van der Waals surface area contributed by atoms with E-state index < -0.39 is 0 Å². The first-order chi connectivity index (χ1) is 9.69. The smallest absolute Gasteiger partial charge is 0.234 e. The number of hydrogen-bond donors (Lipinski definition) is 2. The maximum Gasteiger partial charge on any atom is 0.234 e. The van der Waals surface area contributed by atoms with Gasteiger partial charge in [0.15, 0.2) is 0 Å². The highest BCUT2D eigenvalue weighted by Crippen LogP contribution is 2.20. The average Bonchev–Trinajstić information content (AvgIpc) is 2.94. The molecule has 2 aliphatic rings. The number of likely N-dealkylation sites (N-methyl/N-ethyl adjacent to an activating group) is 1. The van der Waals surface area contributed by atoms with Gasteiger partial charge in [0.05, 0.1) is 6.04 Å². The summed E-state index contributed by atoms with van der Waals surface area (Å²) in [6.45, 7) is 7.24. The molecule has 1 unspecified atom stereocenters. The number of nitrogens with one attached hydrogen (secondary N) is 1. The summed E-state index contributed by atoms with van der Waals surface area (Å²) >= 11 is 0. The Labute approximate surface area is 122 Å². The molecule has 1 amide bonds. The van der Waals surface area contributed by atoms with Gasteiger partial charge in [0.1, 0.15) is 0 Å². The van der Waals surface area contributed by atoms with Crippen LogP contribution >= 0.6 is 0 Å². The van der Waals surface area contributed by atoms with E-state index in [1.165, 1.54) is 58.4 Å². The topological polar surface area (TPSA) is 61.6 Å². The van der Waals surface area contributed by atoms with E-state index in [9.17, 15) is 4.79 Å². The number of primary amides is 1. The number of carbonyl (C=O) groups excluding carboxylic acids is 1. The Morgan fingerprint density at radius 3 is 2.40 bits per heavy atom. The Bertz CT molecular complexity index is 296. The lowest BCUT2D eigenvalue weighted by Crippen LogP contribution is -2.44. The third kappa shape index (κ3) is 4.72. The Kier molecular flexibility index (Phi) is 6.26. The number of amides is 1. The minimum absolute atomic E-state index is 0.183. The minimum Gasteiger partial charge on any atom is -0.368 e. The second-order valence-electron chi connectivity index (χ2n) is 6.33. The van der Waals surface area contributed by atoms with E-state index in [2.05, 4.69) is 15.1 Å². The van der Waals surface area contributed by atoms with Gasteiger partial charge in [0, 0.05) is 13.1 Å². The Morgan fingerprint density at radius 1 is 1.20 bits per heavy atom. The van der Waals surface area contributed by atoms with Gasteiger partial charge in [-0.3, -0.25) is 4.79 Å². The zero-order chi connectivity index (χ0) is 14.4. The molecule has 2 fully saturated rings. The number of likely N-dealkylation sites (tertiary alicyclic amines) is 2. The maximum atomic E-state index is 11.2. The minimum atomic E-state index is -0.239. The summed E-state index contributed by atoms with van der Waals surface area (Å²) in [6, 6.07) is -0.183. The van der Waals surface area contributed by atoms with Gasteiger partial charge >= 0.3 is 0 Å². The molecule has 2 aliphatic heterocycles. The van der Waals surface area contributed by atoms with Crippen LogP contribution in [0, 0.1) is 5.92 Å². The quantitative estimate of drug-likeness (QED) is 0.703. The van der Waals surface area contributed by atoms with E-state index >= 15 is 0 Å². The van der Waals surface area contributed by atoms with E-state index in [4.69, 9.17) is 5.73 Å². The van der Waals surface area contributed by atoms with Crippen LogP contribution in [-0.4, -0.2) is 68.1 Å². The number of rotatable bonds is 7. The fourth-order valence-corrected chi connectivity index (χ4v) is 3.46. The molecule has 0 spiro atoms. The standard InChI is InChI=1S/C15H30N4O/c1-17-14(15(16)20)6-11-18-9-4-13(5-10-18)12-19-7-2-3-8-19/h13-14,17H,2-12H2,1H3,(H2,16,20). The van der Waals surface area contributed by atoms with Gasteiger partial charge in [-0.2, -0.15) is 0 Å². The maximum absolute atomic E-state index is 11.2. The molecule has 1 atom stereocenters. The highest BCUT2D eigenvalue weighted by atomic mass is 16.1. The highest BCUT2D eigenvalue weighted by molar-refractivity contribution is 5.79. The zero-order valence-corrected chi connectivity index (χ0v) is 12.8. The lowest BCUT2D eigenvalue weighted by Gasteiger charge is -2.34. The van der Waals surface area contributed by atoms with Gasteiger partial charge in [-0.15, -0.1) is 0 Å². The highest BCUT2D eigenvalue weighted by Gasteiger charge is 2.23. The van der Waals surface area contributed by atoms with Crippen molar-refractivity contribution < 1.29 is 4.79 Å². The van der Waals surface area contributed by atoms with E-state index in [-0.39, 0.29) is 11.9 Å². The van der Waals surface area contributed by atoms with Gasteiger partial charge in [0.2, 0.25) is 5.91 Å². The van der Waals surface area contributed by atoms with Crippen LogP contribution in [0.5, 0.6) is 0 Å². The summed E-state index contributed by atoms with van der Waals surface area (Å²) < 4.78 is 0. The molecule has 0 aromatic carbocycles. The Balaban J connectivity index is 1.62. The normalized spacial score (nSPS) is 24.1. The van der Waals surface area contributed by atoms with Gasteiger partial charge in [-0.25, -0.2) is 0 Å². The number of nitrogens with two attached hydrogens (primary N) is 1. The first kappa shape index (κ1) is 15.7. The van der Waals surface area contributed by atoms with Crippen LogP contribution in [0.25, 0.3) is 0 Å². The summed E-state index contributed by atoms with van der Waals surface area (Å²) in [4.78, 5) is 16.3. The van der Waals surface area contributed by atoms with Gasteiger partial charge in [0.25, 0.3) is 0 Å². The second kappa shape index (κ2) is 7.96. The first-order valence-electron chi connectivity index (χ1n) is 8.10. The molecule has 0 bridgehead atoms. The van der Waals surface area contributed by atoms with E-state index in [0.29, 0.717) is 0 Å². The molecule has 2 rings (SSSR count). The fourth-order valence-electron chi connectivity index (χ4n) is 3.46. The predicted octanol–water partition coefficient (Wildman–Crippen LogP) is 0.258. The van der Waals surface area contributed by atoms with Crippen molar-refractivity contribution in [1.82, 2.24) is 15.1 Å². The van der Waals surface area contributed by atoms with Crippen molar-refractivity contribution in [2.45, 2.75) is 38.1 Å². The van der Waals surface area contributed by atoms with Gasteiger partial charge < -0.3 is 20.9 Å². The van der Waals surface area contributed by atoms with Gasteiger partial charge in [-0.05, 0) is 71.2 Å². The monoisotopic (exact) mass is 282 g/mol. The van der Waals surface area contributed by atoms with Crippen molar-refractivity contribution in [2.24, 2.45) is 11.7 Å². The fraction of sp³-hybridized carbons (Fsp3) is 0.933. The van der Waals surface area contributed by atoms with Crippen molar-refractivity contribution >= 4 is 5.91 Å². The van der Waals surface area contributed by atoms with Crippen molar-refractivity contribution in [1.29, 1.82) is 0 Å². The summed E-state index contributed by atoms with van der Waals surface area (Å²) in [5.74, 6) is 0.636. The largest absolute Gasteiger partial charge is 0.368 e. The molecule has 2 saturated heterocycles. The van der Waals surface area contributed by atoms with Crippen LogP contribution in [0.4, 0.5) is 0 Å². The Morgan fingerprint density at radius 2 is 1.85 bits per heavy atom. The van der Waals surface area contributed by atoms with Crippen LogP contribution < -0.4 is 11.1 Å². The summed E-state index contributed by atoms with van der Waals surface area (Å²) in [5, 5.41) is 2.99. The molecule has 3 N–H and O–H groups in total. The third-order valence-corrected chi connectivity index (χ3v) is 4.85. The van der Waals surface area contributed by atoms with Crippen molar-refractivity contribution in [3.63, 3.8) is 0 Å². The van der Waals surface area contributed by atoms with Crippen molar-refractivity contribution in [3.05, 3.63) is 0 Å². The average molecular weight is 282 g/mol. The predicted molar refractivity (Wildman–Crippen MR) is 81.5 cm³/mol. The van der Waals surface area contributed by atoms with Crippen LogP contribution in [0.1, 0.15) is 32.1 Å². The van der Waals surface area contributed by atoms with Crippen molar-refractivity contribution in [2.75, 3.05) is 46.3 Å². The van der Waals surface area contributed by atoms with E-state index in [1.54, 1.807) is 7.05 Å². The number of piperidine rings is 1. The molecule has 0 aliphatic carbocycles. The number of carbonyl (C=O) groups is 1. The van der Waals surface area contributed by atoms with Crippen LogP contribution in [0.3, 0.4) is 0 Å². The molecule has 0 aromatic heterocycles. The number of nitrogens with zero attached hydrogens (tertiary/aromatic N) is 2. The zero-order valence-electron chi connectivity index (χ0n) is 12.8. The molecule has 0 radical (unpaired) electrons. The summed E-state index contributed by atoms with van der Waals surface area (Å²) in [5.41, 5.74) is 5.35. The molecular formula is C15H30N4O. The molecule has 116 valence electrons. The first-order valence-corrected chi connectivity index (χ1v) is 8.10. The lowest BCUT2D eigenvalue weighted by atomic mass is 9.96. The summed E-state index contributed by atoms with van der Waals surface area (Å²) in [7, 11) is 1.80. The Hall–Kier alpha value is -0.650. The van der Waals surface area contributed by atoms with Gasteiger partial charge in [-0.1, -0.05) is 0 Å². The second-order valence-corrected chi connectivity index (χ2v) is 6.33. The van der Waals surface area contributed by atoms with Crippen LogP contribution in [0.15, 0.2) is 0 Å². The van der Waals surface area contributed by atoms with Crippen LogP contribution in [0.2, 0.25) is 0 Å². The van der Waals surface area contributed by atoms with Crippen molar-refractivity contribution in [3.8, 4) is 0 Å². The number of hydrogen-bond acceptors (Lipinski definition) is 4. The van der Waals surface area contributed by atoms with E-state index in [0.717, 1.165) is 18.9 Å². The summed E-state index contributed by atoms with van der Waals surface area (Å²) in [6.07, 6.45) is 6.20. The molecule has 20 heavy (non-hydrogen) atoms. The van der Waals surface area contributed by atoms with Crippen LogP contribution in [-0.2, 0) is 4.79 Å². The molecule has 0 saturated carbocycles. The lowest BCUT2D eigenvalue weighted by molar-refractivity contribution is -0.120. The molecule has 2 heterocycles. The molecule has 5 heteroatoms. The SMILES string of the molecule is CNC(CCN1CCC(CN2CCCC2)CC1)C(N)=O. The van der Waals surface area contributed by atoms with E-state index in [1.807, 2.05) is 0 Å². The molecule has 5 nitrogen and oxygen atoms in total. The molecule has 0 aromatic rings.